The monoisotopic (exact) mass is 145 g/mol. The second-order valence-corrected chi connectivity index (χ2v) is 2.35. The van der Waals surface area contributed by atoms with E-state index >= 15 is 0 Å². The van der Waals surface area contributed by atoms with Crippen LogP contribution in [0.5, 0.6) is 0 Å². The van der Waals surface area contributed by atoms with Crippen LogP contribution < -0.4 is 4.57 Å². The molecule has 2 heteroatoms. The number of aromatic nitrogens is 2. The molecule has 0 fully saturated rings. The molecule has 0 aliphatic heterocycles. The van der Waals surface area contributed by atoms with Crippen LogP contribution in [0, 0.1) is 0 Å². The van der Waals surface area contributed by atoms with Gasteiger partial charge in [-0.15, -0.1) is 0 Å². The fourth-order valence-electron chi connectivity index (χ4n) is 1.05. The summed E-state index contributed by atoms with van der Waals surface area (Å²) in [5.41, 5.74) is 1.16. The summed E-state index contributed by atoms with van der Waals surface area (Å²) in [6, 6.07) is 8.04. The van der Waals surface area contributed by atoms with Crippen molar-refractivity contribution in [2.45, 2.75) is 0 Å². The zero-order valence-electron chi connectivity index (χ0n) is 6.07. The van der Waals surface area contributed by atoms with Crippen LogP contribution in [-0.4, -0.2) is 4.98 Å². The SMILES string of the molecule is c1cc[n+](-c2cc[nH]c2)cc1. The molecule has 0 unspecified atom stereocenters. The summed E-state index contributed by atoms with van der Waals surface area (Å²) in [4.78, 5) is 3.01. The van der Waals surface area contributed by atoms with Gasteiger partial charge in [0.1, 0.15) is 0 Å². The van der Waals surface area contributed by atoms with Gasteiger partial charge in [-0.1, -0.05) is 6.07 Å². The average molecular weight is 145 g/mol. The van der Waals surface area contributed by atoms with E-state index in [-0.39, 0.29) is 0 Å². The Morgan fingerprint density at radius 2 is 1.91 bits per heavy atom. The van der Waals surface area contributed by atoms with Crippen LogP contribution in [0.3, 0.4) is 0 Å². The van der Waals surface area contributed by atoms with Crippen LogP contribution in [0.25, 0.3) is 5.69 Å². The molecule has 2 nitrogen and oxygen atoms in total. The van der Waals surface area contributed by atoms with Gasteiger partial charge in [0.05, 0.1) is 6.20 Å². The summed E-state index contributed by atoms with van der Waals surface area (Å²) >= 11 is 0. The lowest BCUT2D eigenvalue weighted by molar-refractivity contribution is -0.595. The average Bonchev–Trinajstić information content (AvgIpc) is 2.58. The van der Waals surface area contributed by atoms with E-state index in [4.69, 9.17) is 0 Å². The number of rotatable bonds is 1. The molecule has 11 heavy (non-hydrogen) atoms. The lowest BCUT2D eigenvalue weighted by Gasteiger charge is -1.86. The van der Waals surface area contributed by atoms with Crippen LogP contribution in [0.2, 0.25) is 0 Å². The second kappa shape index (κ2) is 2.58. The van der Waals surface area contributed by atoms with E-state index in [1.54, 1.807) is 0 Å². The predicted octanol–water partition coefficient (Wildman–Crippen LogP) is 1.29. The minimum atomic E-state index is 1.16. The van der Waals surface area contributed by atoms with E-state index in [0.29, 0.717) is 0 Å². The highest BCUT2D eigenvalue weighted by molar-refractivity contribution is 5.15. The molecular formula is C9H9N2+. The van der Waals surface area contributed by atoms with E-state index in [1.165, 1.54) is 0 Å². The number of pyridine rings is 1. The molecule has 1 N–H and O–H groups in total. The van der Waals surface area contributed by atoms with Crippen molar-refractivity contribution in [3.63, 3.8) is 0 Å². The minimum absolute atomic E-state index is 1.16. The molecule has 0 atom stereocenters. The molecule has 0 spiro atoms. The summed E-state index contributed by atoms with van der Waals surface area (Å²) in [6.45, 7) is 0. The van der Waals surface area contributed by atoms with E-state index < -0.39 is 0 Å². The number of nitrogens with one attached hydrogen (secondary N) is 1. The maximum atomic E-state index is 3.01. The third-order valence-electron chi connectivity index (χ3n) is 1.60. The highest BCUT2D eigenvalue weighted by Crippen LogP contribution is 1.93. The molecule has 54 valence electrons. The maximum absolute atomic E-state index is 3.01. The van der Waals surface area contributed by atoms with Gasteiger partial charge in [0.25, 0.3) is 0 Å². The van der Waals surface area contributed by atoms with E-state index in [1.807, 2.05) is 49.1 Å². The Hall–Kier alpha value is -1.57. The van der Waals surface area contributed by atoms with Crippen LogP contribution in [-0.2, 0) is 0 Å². The first-order valence-electron chi connectivity index (χ1n) is 3.56. The van der Waals surface area contributed by atoms with Crippen molar-refractivity contribution in [1.82, 2.24) is 4.98 Å². The Labute approximate surface area is 65.1 Å². The second-order valence-electron chi connectivity index (χ2n) is 2.35. The van der Waals surface area contributed by atoms with Crippen LogP contribution in [0.4, 0.5) is 0 Å². The zero-order chi connectivity index (χ0) is 7.52. The highest BCUT2D eigenvalue weighted by atomic mass is 14.9. The van der Waals surface area contributed by atoms with E-state index in [0.717, 1.165) is 5.69 Å². The quantitative estimate of drug-likeness (QED) is 0.583. The van der Waals surface area contributed by atoms with Crippen molar-refractivity contribution in [2.75, 3.05) is 0 Å². The van der Waals surface area contributed by atoms with Crippen molar-refractivity contribution in [1.29, 1.82) is 0 Å². The molecule has 0 aliphatic rings. The largest absolute Gasteiger partial charge is 0.362 e. The van der Waals surface area contributed by atoms with Crippen molar-refractivity contribution in [2.24, 2.45) is 0 Å². The lowest BCUT2D eigenvalue weighted by atomic mass is 10.4. The highest BCUT2D eigenvalue weighted by Gasteiger charge is 2.01. The van der Waals surface area contributed by atoms with E-state index in [9.17, 15) is 0 Å². The van der Waals surface area contributed by atoms with Crippen molar-refractivity contribution < 1.29 is 4.57 Å². The van der Waals surface area contributed by atoms with Crippen molar-refractivity contribution >= 4 is 0 Å². The molecule has 2 aromatic heterocycles. The maximum Gasteiger partial charge on any atom is 0.228 e. The molecule has 0 amide bonds. The Bertz CT molecular complexity index is 311. The molecular weight excluding hydrogens is 136 g/mol. The van der Waals surface area contributed by atoms with Gasteiger partial charge in [-0.05, 0) is 0 Å². The van der Waals surface area contributed by atoms with Crippen molar-refractivity contribution in [3.05, 3.63) is 49.1 Å². The van der Waals surface area contributed by atoms with Crippen LogP contribution in [0.15, 0.2) is 49.1 Å². The summed E-state index contributed by atoms with van der Waals surface area (Å²) < 4.78 is 2.05. The summed E-state index contributed by atoms with van der Waals surface area (Å²) in [5, 5.41) is 0. The van der Waals surface area contributed by atoms with Crippen molar-refractivity contribution in [3.8, 4) is 5.69 Å². The van der Waals surface area contributed by atoms with Gasteiger partial charge in [-0.25, -0.2) is 0 Å². The summed E-state index contributed by atoms with van der Waals surface area (Å²) in [6.07, 6.45) is 7.90. The van der Waals surface area contributed by atoms with Gasteiger partial charge in [0.15, 0.2) is 12.4 Å². The summed E-state index contributed by atoms with van der Waals surface area (Å²) in [5.74, 6) is 0. The molecule has 0 aromatic carbocycles. The molecule has 2 heterocycles. The van der Waals surface area contributed by atoms with Crippen LogP contribution in [0.1, 0.15) is 0 Å². The smallest absolute Gasteiger partial charge is 0.228 e. The lowest BCUT2D eigenvalue weighted by Crippen LogP contribution is -2.27. The number of H-pyrrole nitrogens is 1. The molecule has 2 rings (SSSR count). The minimum Gasteiger partial charge on any atom is -0.362 e. The van der Waals surface area contributed by atoms with Gasteiger partial charge >= 0.3 is 0 Å². The number of aromatic amines is 1. The molecule has 0 bridgehead atoms. The Balaban J connectivity index is 2.46. The fraction of sp³-hybridized carbons (Fsp3) is 0. The van der Waals surface area contributed by atoms with Gasteiger partial charge in [-0.2, -0.15) is 4.57 Å². The Morgan fingerprint density at radius 1 is 1.09 bits per heavy atom. The first kappa shape index (κ1) is 6.16. The standard InChI is InChI=1S/C9H9N2/c1-2-6-11(7-3-1)9-4-5-10-8-9/h1-8,10H/q+1. The normalized spacial score (nSPS) is 9.82. The van der Waals surface area contributed by atoms with Gasteiger partial charge < -0.3 is 4.98 Å². The first-order chi connectivity index (χ1) is 5.47. The first-order valence-corrected chi connectivity index (χ1v) is 3.56. The topological polar surface area (TPSA) is 19.7 Å². The van der Waals surface area contributed by atoms with Gasteiger partial charge in [-0.3, -0.25) is 0 Å². The number of hydrogen-bond acceptors (Lipinski definition) is 0. The van der Waals surface area contributed by atoms with Gasteiger partial charge in [0, 0.05) is 24.4 Å². The summed E-state index contributed by atoms with van der Waals surface area (Å²) in [7, 11) is 0. The van der Waals surface area contributed by atoms with Crippen LogP contribution >= 0.6 is 0 Å². The third kappa shape index (κ3) is 1.15. The van der Waals surface area contributed by atoms with Gasteiger partial charge in [0.2, 0.25) is 5.69 Å². The predicted molar refractivity (Wildman–Crippen MR) is 42.3 cm³/mol. The molecule has 0 saturated carbocycles. The third-order valence-corrected chi connectivity index (χ3v) is 1.60. The number of nitrogens with zero attached hydrogens (tertiary/aromatic N) is 1. The zero-order valence-corrected chi connectivity index (χ0v) is 6.07. The molecule has 0 aliphatic carbocycles. The molecule has 2 aromatic rings. The van der Waals surface area contributed by atoms with E-state index in [2.05, 4.69) is 9.55 Å². The molecule has 0 radical (unpaired) electrons. The number of hydrogen-bond donors (Lipinski definition) is 1. The fourth-order valence-corrected chi connectivity index (χ4v) is 1.05. The Morgan fingerprint density at radius 3 is 2.55 bits per heavy atom. The Kier molecular flexibility index (Phi) is 1.44. The molecule has 0 saturated heterocycles.